The molecule has 0 radical (unpaired) electrons. The fourth-order valence-electron chi connectivity index (χ4n) is 1.93. The van der Waals surface area contributed by atoms with Crippen molar-refractivity contribution in [2.45, 2.75) is 0 Å². The quantitative estimate of drug-likeness (QED) is 0.418. The molecule has 0 spiro atoms. The van der Waals surface area contributed by atoms with Crippen LogP contribution in [0.2, 0.25) is 0 Å². The maximum Gasteiger partial charge on any atom is 0.185 e. The van der Waals surface area contributed by atoms with Crippen LogP contribution >= 0.6 is 0 Å². The topological polar surface area (TPSA) is 59.3 Å². The summed E-state index contributed by atoms with van der Waals surface area (Å²) in [5.41, 5.74) is 1.46. The lowest BCUT2D eigenvalue weighted by Crippen LogP contribution is -1.96. The van der Waals surface area contributed by atoms with Gasteiger partial charge >= 0.3 is 0 Å². The van der Waals surface area contributed by atoms with E-state index in [9.17, 15) is 4.79 Å². The summed E-state index contributed by atoms with van der Waals surface area (Å²) in [6.07, 6.45) is 4.95. The van der Waals surface area contributed by atoms with Crippen LogP contribution in [-0.4, -0.2) is 19.0 Å². The molecule has 0 unspecified atom stereocenters. The predicted molar refractivity (Wildman–Crippen MR) is 93.0 cm³/mol. The second-order valence-electron chi connectivity index (χ2n) is 4.84. The SMILES string of the molecule is C=CCOc1ccc(/C=C/C(=O)c2ccc(OCC#N)cc2)cc1. The molecule has 0 aliphatic rings. The first kappa shape index (κ1) is 17.0. The van der Waals surface area contributed by atoms with Gasteiger partial charge in [0.2, 0.25) is 0 Å². The summed E-state index contributed by atoms with van der Waals surface area (Å²) in [6, 6.07) is 16.0. The fraction of sp³-hybridized carbons (Fsp3) is 0.100. The highest BCUT2D eigenvalue weighted by atomic mass is 16.5. The molecule has 0 atom stereocenters. The number of hydrogen-bond acceptors (Lipinski definition) is 4. The summed E-state index contributed by atoms with van der Waals surface area (Å²) < 4.78 is 10.6. The lowest BCUT2D eigenvalue weighted by molar-refractivity contribution is 0.104. The molecular weight excluding hydrogens is 302 g/mol. The summed E-state index contributed by atoms with van der Waals surface area (Å²) in [6.45, 7) is 4.04. The minimum Gasteiger partial charge on any atom is -0.490 e. The van der Waals surface area contributed by atoms with Crippen LogP contribution in [-0.2, 0) is 0 Å². The third-order valence-corrected chi connectivity index (χ3v) is 3.12. The standard InChI is InChI=1S/C20H17NO3/c1-2-14-23-18-8-3-16(4-9-18)5-12-20(22)17-6-10-19(11-7-17)24-15-13-21/h2-12H,1,14-15H2/b12-5+. The van der Waals surface area contributed by atoms with Crippen molar-refractivity contribution in [2.24, 2.45) is 0 Å². The molecule has 0 saturated heterocycles. The van der Waals surface area contributed by atoms with Crippen LogP contribution in [0.4, 0.5) is 0 Å². The van der Waals surface area contributed by atoms with Gasteiger partial charge in [0.05, 0.1) is 0 Å². The second kappa shape index (κ2) is 8.96. The van der Waals surface area contributed by atoms with Gasteiger partial charge in [-0.3, -0.25) is 4.79 Å². The number of nitrogens with zero attached hydrogens (tertiary/aromatic N) is 1. The first-order chi connectivity index (χ1) is 11.7. The highest BCUT2D eigenvalue weighted by Crippen LogP contribution is 2.15. The van der Waals surface area contributed by atoms with E-state index < -0.39 is 0 Å². The second-order valence-corrected chi connectivity index (χ2v) is 4.84. The summed E-state index contributed by atoms with van der Waals surface area (Å²) >= 11 is 0. The van der Waals surface area contributed by atoms with Crippen molar-refractivity contribution < 1.29 is 14.3 Å². The van der Waals surface area contributed by atoms with Gasteiger partial charge in [0, 0.05) is 5.56 Å². The number of carbonyl (C=O) groups excluding carboxylic acids is 1. The zero-order valence-corrected chi connectivity index (χ0v) is 13.1. The Kier molecular flexibility index (Phi) is 6.36. The van der Waals surface area contributed by atoms with Gasteiger partial charge in [0.25, 0.3) is 0 Å². The van der Waals surface area contributed by atoms with Gasteiger partial charge in [-0.15, -0.1) is 0 Å². The molecule has 0 bridgehead atoms. The van der Waals surface area contributed by atoms with Gasteiger partial charge < -0.3 is 9.47 Å². The average Bonchev–Trinajstić information content (AvgIpc) is 2.64. The van der Waals surface area contributed by atoms with Crippen LogP contribution in [0.25, 0.3) is 6.08 Å². The van der Waals surface area contributed by atoms with E-state index in [2.05, 4.69) is 6.58 Å². The van der Waals surface area contributed by atoms with E-state index in [0.717, 1.165) is 11.3 Å². The first-order valence-corrected chi connectivity index (χ1v) is 7.39. The molecular formula is C20H17NO3. The van der Waals surface area contributed by atoms with Gasteiger partial charge in [0.1, 0.15) is 24.2 Å². The van der Waals surface area contributed by atoms with E-state index in [0.29, 0.717) is 17.9 Å². The Labute approximate surface area is 141 Å². The third-order valence-electron chi connectivity index (χ3n) is 3.12. The molecule has 4 heteroatoms. The van der Waals surface area contributed by atoms with E-state index >= 15 is 0 Å². The van der Waals surface area contributed by atoms with Crippen molar-refractivity contribution in [1.29, 1.82) is 5.26 Å². The maximum absolute atomic E-state index is 12.1. The Morgan fingerprint density at radius 1 is 1.04 bits per heavy atom. The van der Waals surface area contributed by atoms with Gasteiger partial charge in [0.15, 0.2) is 12.4 Å². The highest BCUT2D eigenvalue weighted by Gasteiger charge is 2.02. The zero-order chi connectivity index (χ0) is 17.2. The number of nitriles is 1. The summed E-state index contributed by atoms with van der Waals surface area (Å²) in [5, 5.41) is 8.46. The fourth-order valence-corrected chi connectivity index (χ4v) is 1.93. The summed E-state index contributed by atoms with van der Waals surface area (Å²) in [7, 11) is 0. The number of allylic oxidation sites excluding steroid dienone is 1. The lowest BCUT2D eigenvalue weighted by atomic mass is 10.1. The van der Waals surface area contributed by atoms with Crippen LogP contribution in [0.1, 0.15) is 15.9 Å². The Balaban J connectivity index is 1.96. The molecule has 0 heterocycles. The minimum atomic E-state index is -0.103. The number of ether oxygens (including phenoxy) is 2. The zero-order valence-electron chi connectivity index (χ0n) is 13.1. The van der Waals surface area contributed by atoms with Crippen molar-refractivity contribution in [1.82, 2.24) is 0 Å². The summed E-state index contributed by atoms with van der Waals surface area (Å²) in [4.78, 5) is 12.1. The monoisotopic (exact) mass is 319 g/mol. The first-order valence-electron chi connectivity index (χ1n) is 7.39. The molecule has 0 fully saturated rings. The Morgan fingerprint density at radius 2 is 1.67 bits per heavy atom. The minimum absolute atomic E-state index is 0.0142. The molecule has 4 nitrogen and oxygen atoms in total. The van der Waals surface area contributed by atoms with Crippen LogP contribution in [0.5, 0.6) is 11.5 Å². The number of hydrogen-bond donors (Lipinski definition) is 0. The molecule has 2 rings (SSSR count). The van der Waals surface area contributed by atoms with Crippen LogP contribution in [0.3, 0.4) is 0 Å². The van der Waals surface area contributed by atoms with Crippen molar-refractivity contribution in [3.05, 3.63) is 78.4 Å². The number of rotatable bonds is 8. The van der Waals surface area contributed by atoms with E-state index in [-0.39, 0.29) is 12.4 Å². The molecule has 0 amide bonds. The maximum atomic E-state index is 12.1. The largest absolute Gasteiger partial charge is 0.490 e. The lowest BCUT2D eigenvalue weighted by Gasteiger charge is -2.03. The molecule has 0 aliphatic carbocycles. The van der Waals surface area contributed by atoms with Crippen molar-refractivity contribution >= 4 is 11.9 Å². The molecule has 0 N–H and O–H groups in total. The molecule has 24 heavy (non-hydrogen) atoms. The molecule has 0 saturated carbocycles. The van der Waals surface area contributed by atoms with Crippen LogP contribution in [0.15, 0.2) is 67.3 Å². The van der Waals surface area contributed by atoms with Gasteiger partial charge in [-0.1, -0.05) is 30.9 Å². The average molecular weight is 319 g/mol. The normalized spacial score (nSPS) is 10.1. The third kappa shape index (κ3) is 5.15. The Bertz CT molecular complexity index is 753. The van der Waals surface area contributed by atoms with Crippen LogP contribution in [0, 0.1) is 11.3 Å². The van der Waals surface area contributed by atoms with E-state index in [1.807, 2.05) is 30.3 Å². The van der Waals surface area contributed by atoms with E-state index in [1.54, 1.807) is 36.4 Å². The van der Waals surface area contributed by atoms with Gasteiger partial charge in [-0.2, -0.15) is 5.26 Å². The molecule has 2 aromatic rings. The van der Waals surface area contributed by atoms with Gasteiger partial charge in [-0.25, -0.2) is 0 Å². The van der Waals surface area contributed by atoms with Crippen molar-refractivity contribution in [3.8, 4) is 17.6 Å². The molecule has 120 valence electrons. The predicted octanol–water partition coefficient (Wildman–Crippen LogP) is 4.05. The molecule has 0 aromatic heterocycles. The van der Waals surface area contributed by atoms with Crippen molar-refractivity contribution in [3.63, 3.8) is 0 Å². The Morgan fingerprint density at radius 3 is 2.29 bits per heavy atom. The van der Waals surface area contributed by atoms with Crippen molar-refractivity contribution in [2.75, 3.05) is 13.2 Å². The Hall–Kier alpha value is -3.32. The molecule has 2 aromatic carbocycles. The smallest absolute Gasteiger partial charge is 0.185 e. The van der Waals surface area contributed by atoms with Gasteiger partial charge in [-0.05, 0) is 48.0 Å². The summed E-state index contributed by atoms with van der Waals surface area (Å²) in [5.74, 6) is 1.22. The number of ketones is 1. The number of benzene rings is 2. The van der Waals surface area contributed by atoms with Crippen LogP contribution < -0.4 is 9.47 Å². The van der Waals surface area contributed by atoms with E-state index in [1.165, 1.54) is 6.08 Å². The highest BCUT2D eigenvalue weighted by molar-refractivity contribution is 6.06. The molecule has 0 aliphatic heterocycles. The number of carbonyl (C=O) groups is 1. The van der Waals surface area contributed by atoms with E-state index in [4.69, 9.17) is 14.7 Å².